The summed E-state index contributed by atoms with van der Waals surface area (Å²) in [5.74, 6) is -0.185. The summed E-state index contributed by atoms with van der Waals surface area (Å²) < 4.78 is 19.2. The Bertz CT molecular complexity index is 548. The van der Waals surface area contributed by atoms with Gasteiger partial charge in [-0.15, -0.1) is 0 Å². The molecule has 0 radical (unpaired) electrons. The van der Waals surface area contributed by atoms with Crippen LogP contribution in [-0.4, -0.2) is 30.5 Å². The van der Waals surface area contributed by atoms with E-state index in [1.807, 2.05) is 0 Å². The predicted octanol–water partition coefficient (Wildman–Crippen LogP) is 3.44. The van der Waals surface area contributed by atoms with Crippen molar-refractivity contribution in [3.8, 4) is 0 Å². The van der Waals surface area contributed by atoms with Gasteiger partial charge in [-0.1, -0.05) is 23.2 Å². The van der Waals surface area contributed by atoms with Crippen molar-refractivity contribution in [3.63, 3.8) is 0 Å². The second-order valence-corrected chi connectivity index (χ2v) is 6.02. The molecule has 0 unspecified atom stereocenters. The summed E-state index contributed by atoms with van der Waals surface area (Å²) in [4.78, 5) is 13.9. The van der Waals surface area contributed by atoms with Crippen LogP contribution >= 0.6 is 23.2 Å². The normalized spacial score (nSPS) is 22.9. The van der Waals surface area contributed by atoms with E-state index in [2.05, 4.69) is 0 Å². The number of nitrogens with zero attached hydrogens (tertiary/aromatic N) is 1. The first-order valence-corrected chi connectivity index (χ1v) is 7.36. The number of carbonyl (C=O) groups is 1. The fraction of sp³-hybridized carbons (Fsp3) is 0.500. The van der Waals surface area contributed by atoms with Crippen molar-refractivity contribution in [2.45, 2.75) is 18.9 Å². The molecule has 1 saturated heterocycles. The van der Waals surface area contributed by atoms with Crippen LogP contribution in [0.1, 0.15) is 24.5 Å². The molecule has 3 rings (SSSR count). The summed E-state index contributed by atoms with van der Waals surface area (Å²) in [5.41, 5.74) is 0.543. The summed E-state index contributed by atoms with van der Waals surface area (Å²) >= 11 is 11.8. The number of halogens is 3. The molecule has 6 heteroatoms. The average molecular weight is 318 g/mol. The fourth-order valence-electron chi connectivity index (χ4n) is 2.41. The highest BCUT2D eigenvalue weighted by Gasteiger charge is 2.36. The maximum Gasteiger partial charge on any atom is 0.225 e. The van der Waals surface area contributed by atoms with E-state index < -0.39 is 11.9 Å². The third-order valence-electron chi connectivity index (χ3n) is 3.69. The van der Waals surface area contributed by atoms with Crippen molar-refractivity contribution < 1.29 is 13.9 Å². The van der Waals surface area contributed by atoms with Gasteiger partial charge < -0.3 is 9.64 Å². The van der Waals surface area contributed by atoms with Gasteiger partial charge in [0.1, 0.15) is 11.9 Å². The van der Waals surface area contributed by atoms with Crippen molar-refractivity contribution in [1.29, 1.82) is 0 Å². The molecule has 3 nitrogen and oxygen atoms in total. The minimum absolute atomic E-state index is 0.0135. The first-order valence-electron chi connectivity index (χ1n) is 6.61. The molecule has 0 bridgehead atoms. The van der Waals surface area contributed by atoms with Crippen LogP contribution in [0.25, 0.3) is 0 Å². The molecular formula is C14H14Cl2FNO2. The van der Waals surface area contributed by atoms with Crippen LogP contribution in [0.5, 0.6) is 0 Å². The lowest BCUT2D eigenvalue weighted by molar-refractivity contribution is -0.140. The Morgan fingerprint density at radius 3 is 2.75 bits per heavy atom. The largest absolute Gasteiger partial charge is 0.370 e. The topological polar surface area (TPSA) is 29.5 Å². The molecule has 1 aromatic rings. The molecule has 0 spiro atoms. The van der Waals surface area contributed by atoms with Gasteiger partial charge in [-0.25, -0.2) is 4.39 Å². The van der Waals surface area contributed by atoms with Crippen LogP contribution in [0, 0.1) is 11.7 Å². The van der Waals surface area contributed by atoms with Gasteiger partial charge in [0.05, 0.1) is 18.2 Å². The van der Waals surface area contributed by atoms with Gasteiger partial charge in [0.15, 0.2) is 0 Å². The molecule has 1 aromatic carbocycles. The molecule has 1 aliphatic carbocycles. The van der Waals surface area contributed by atoms with Gasteiger partial charge in [0.25, 0.3) is 0 Å². The van der Waals surface area contributed by atoms with Gasteiger partial charge in [-0.3, -0.25) is 4.79 Å². The average Bonchev–Trinajstić information content (AvgIpc) is 3.27. The Morgan fingerprint density at radius 2 is 2.05 bits per heavy atom. The maximum absolute atomic E-state index is 13.6. The van der Waals surface area contributed by atoms with Crippen molar-refractivity contribution in [3.05, 3.63) is 33.6 Å². The van der Waals surface area contributed by atoms with E-state index in [0.29, 0.717) is 30.3 Å². The lowest BCUT2D eigenvalue weighted by atomic mass is 10.1. The quantitative estimate of drug-likeness (QED) is 0.782. The number of carbonyl (C=O) groups excluding carboxylic acids is 1. The molecule has 20 heavy (non-hydrogen) atoms. The summed E-state index contributed by atoms with van der Waals surface area (Å²) in [7, 11) is 0. The highest BCUT2D eigenvalue weighted by atomic mass is 35.5. The number of ether oxygens (including phenoxy) is 1. The molecule has 1 saturated carbocycles. The van der Waals surface area contributed by atoms with Crippen molar-refractivity contribution in [1.82, 2.24) is 4.90 Å². The van der Waals surface area contributed by atoms with Crippen molar-refractivity contribution >= 4 is 29.1 Å². The molecule has 1 amide bonds. The third kappa shape index (κ3) is 2.78. The predicted molar refractivity (Wildman–Crippen MR) is 74.4 cm³/mol. The van der Waals surface area contributed by atoms with E-state index in [-0.39, 0.29) is 16.8 Å². The highest BCUT2D eigenvalue weighted by Crippen LogP contribution is 2.35. The summed E-state index contributed by atoms with van der Waals surface area (Å²) in [6.07, 6.45) is 1.54. The third-order valence-corrected chi connectivity index (χ3v) is 4.31. The van der Waals surface area contributed by atoms with E-state index in [0.717, 1.165) is 12.8 Å². The number of hydrogen-bond acceptors (Lipinski definition) is 2. The zero-order valence-electron chi connectivity index (χ0n) is 10.7. The Morgan fingerprint density at radius 1 is 1.30 bits per heavy atom. The molecule has 1 atom stereocenters. The number of benzene rings is 1. The zero-order valence-corrected chi connectivity index (χ0v) is 12.3. The lowest BCUT2D eigenvalue weighted by Gasteiger charge is -2.33. The number of rotatable bonds is 2. The molecule has 1 aliphatic heterocycles. The van der Waals surface area contributed by atoms with Crippen LogP contribution in [0.15, 0.2) is 12.1 Å². The fourth-order valence-corrected chi connectivity index (χ4v) is 2.92. The van der Waals surface area contributed by atoms with Crippen molar-refractivity contribution in [2.75, 3.05) is 19.7 Å². The van der Waals surface area contributed by atoms with Crippen LogP contribution in [0.2, 0.25) is 10.0 Å². The van der Waals surface area contributed by atoms with E-state index in [9.17, 15) is 9.18 Å². The molecule has 0 N–H and O–H groups in total. The second-order valence-electron chi connectivity index (χ2n) is 5.21. The van der Waals surface area contributed by atoms with E-state index in [1.165, 1.54) is 12.1 Å². The maximum atomic E-state index is 13.6. The van der Waals surface area contributed by atoms with E-state index in [4.69, 9.17) is 27.9 Å². The monoisotopic (exact) mass is 317 g/mol. The Balaban J connectivity index is 1.79. The second kappa shape index (κ2) is 5.51. The molecule has 108 valence electrons. The standard InChI is InChI=1S/C14H14Cl2FNO2/c15-10-6-11(16)12(17)5-9(10)13-7-18(3-4-20-13)14(19)8-1-2-8/h5-6,8,13H,1-4,7H2/t13-/m1/s1. The number of hydrogen-bond donors (Lipinski definition) is 0. The Hall–Kier alpha value is -0.840. The molecule has 0 aromatic heterocycles. The van der Waals surface area contributed by atoms with Gasteiger partial charge in [-0.2, -0.15) is 0 Å². The van der Waals surface area contributed by atoms with E-state index >= 15 is 0 Å². The highest BCUT2D eigenvalue weighted by molar-refractivity contribution is 6.35. The molecule has 2 aliphatic rings. The SMILES string of the molecule is O=C(C1CC1)N1CCO[C@@H](c2cc(F)c(Cl)cc2Cl)C1. The van der Waals surface area contributed by atoms with Crippen LogP contribution in [0.4, 0.5) is 4.39 Å². The Labute approximate surface area is 126 Å². The van der Waals surface area contributed by atoms with Crippen molar-refractivity contribution in [2.24, 2.45) is 5.92 Å². The number of morpholine rings is 1. The van der Waals surface area contributed by atoms with Crippen LogP contribution in [-0.2, 0) is 9.53 Å². The summed E-state index contributed by atoms with van der Waals surface area (Å²) in [6.45, 7) is 1.43. The van der Waals surface area contributed by atoms with Gasteiger partial charge in [0, 0.05) is 23.0 Å². The van der Waals surface area contributed by atoms with Gasteiger partial charge in [-0.05, 0) is 25.0 Å². The minimum Gasteiger partial charge on any atom is -0.370 e. The molecular weight excluding hydrogens is 304 g/mol. The minimum atomic E-state index is -0.527. The first kappa shape index (κ1) is 14.1. The Kier molecular flexibility index (Phi) is 3.89. The summed E-state index contributed by atoms with van der Waals surface area (Å²) in [5, 5.41) is 0.350. The summed E-state index contributed by atoms with van der Waals surface area (Å²) in [6, 6.07) is 2.67. The van der Waals surface area contributed by atoms with Crippen LogP contribution < -0.4 is 0 Å². The van der Waals surface area contributed by atoms with Crippen LogP contribution in [0.3, 0.4) is 0 Å². The molecule has 1 heterocycles. The number of amides is 1. The van der Waals surface area contributed by atoms with E-state index in [1.54, 1.807) is 4.90 Å². The first-order chi connectivity index (χ1) is 9.56. The van der Waals surface area contributed by atoms with Gasteiger partial charge >= 0.3 is 0 Å². The zero-order chi connectivity index (χ0) is 14.3. The lowest BCUT2D eigenvalue weighted by Crippen LogP contribution is -2.43. The smallest absolute Gasteiger partial charge is 0.225 e. The molecule has 2 fully saturated rings. The van der Waals surface area contributed by atoms with Gasteiger partial charge in [0.2, 0.25) is 5.91 Å².